The molecule has 0 aromatic heterocycles. The topological polar surface area (TPSA) is 53.0 Å². The summed E-state index contributed by atoms with van der Waals surface area (Å²) in [7, 11) is 0. The van der Waals surface area contributed by atoms with Gasteiger partial charge >= 0.3 is 5.97 Å². The van der Waals surface area contributed by atoms with Crippen LogP contribution in [-0.4, -0.2) is 73.4 Å². The van der Waals surface area contributed by atoms with Crippen molar-refractivity contribution in [2.75, 3.05) is 52.5 Å². The molecule has 1 fully saturated rings. The van der Waals surface area contributed by atoms with Gasteiger partial charge < -0.3 is 9.84 Å². The zero-order valence-electron chi connectivity index (χ0n) is 12.8. The van der Waals surface area contributed by atoms with Gasteiger partial charge in [-0.3, -0.25) is 14.6 Å². The van der Waals surface area contributed by atoms with Crippen molar-refractivity contribution in [3.8, 4) is 0 Å². The molecule has 0 saturated carbocycles. The van der Waals surface area contributed by atoms with Crippen molar-refractivity contribution in [3.63, 3.8) is 0 Å². The van der Waals surface area contributed by atoms with Gasteiger partial charge in [0.2, 0.25) is 0 Å². The van der Waals surface area contributed by atoms with E-state index in [-0.39, 0.29) is 5.92 Å². The maximum atomic E-state index is 11.0. The Bertz CT molecular complexity index is 314. The van der Waals surface area contributed by atoms with E-state index in [1.165, 1.54) is 0 Å². The van der Waals surface area contributed by atoms with Crippen molar-refractivity contribution in [1.82, 2.24) is 9.80 Å². The van der Waals surface area contributed by atoms with E-state index in [1.54, 1.807) is 6.92 Å². The average Bonchev–Trinajstić information content (AvgIpc) is 2.39. The van der Waals surface area contributed by atoms with Gasteiger partial charge in [-0.1, -0.05) is 19.1 Å². The molecular formula is C15H28N2O3. The Hall–Kier alpha value is -0.910. The summed E-state index contributed by atoms with van der Waals surface area (Å²) in [6.45, 7) is 14.7. The summed E-state index contributed by atoms with van der Waals surface area (Å²) in [5.74, 6) is -1.07. The van der Waals surface area contributed by atoms with Crippen LogP contribution in [0.2, 0.25) is 0 Å². The maximum Gasteiger partial charge on any atom is 0.307 e. The zero-order chi connectivity index (χ0) is 15.0. The Balaban J connectivity index is 2.31. The number of rotatable bonds is 9. The number of hydrogen-bond acceptors (Lipinski definition) is 4. The van der Waals surface area contributed by atoms with E-state index in [9.17, 15) is 4.79 Å². The quantitative estimate of drug-likeness (QED) is 0.647. The molecule has 0 spiro atoms. The first-order chi connectivity index (χ1) is 9.49. The van der Waals surface area contributed by atoms with Gasteiger partial charge in [0.05, 0.1) is 19.1 Å². The third kappa shape index (κ3) is 7.03. The molecule has 1 unspecified atom stereocenters. The van der Waals surface area contributed by atoms with E-state index in [1.807, 2.05) is 6.92 Å². The molecule has 1 aliphatic rings. The lowest BCUT2D eigenvalue weighted by Gasteiger charge is -2.29. The first-order valence-electron chi connectivity index (χ1n) is 7.38. The van der Waals surface area contributed by atoms with Gasteiger partial charge in [-0.2, -0.15) is 0 Å². The largest absolute Gasteiger partial charge is 0.481 e. The van der Waals surface area contributed by atoms with Crippen LogP contribution in [0.5, 0.6) is 0 Å². The van der Waals surface area contributed by atoms with Crippen LogP contribution in [-0.2, 0) is 9.53 Å². The molecular weight excluding hydrogens is 256 g/mol. The van der Waals surface area contributed by atoms with Crippen molar-refractivity contribution < 1.29 is 14.6 Å². The number of carbonyl (C=O) groups is 1. The first kappa shape index (κ1) is 17.1. The molecule has 0 aromatic rings. The van der Waals surface area contributed by atoms with Crippen LogP contribution < -0.4 is 0 Å². The molecule has 1 rings (SSSR count). The molecule has 5 heteroatoms. The summed E-state index contributed by atoms with van der Waals surface area (Å²) in [6.07, 6.45) is 1.06. The minimum Gasteiger partial charge on any atom is -0.481 e. The van der Waals surface area contributed by atoms with Crippen LogP contribution in [0.1, 0.15) is 20.3 Å². The third-order valence-electron chi connectivity index (χ3n) is 3.50. The highest BCUT2D eigenvalue weighted by Crippen LogP contribution is 2.06. The van der Waals surface area contributed by atoms with Crippen molar-refractivity contribution in [2.24, 2.45) is 5.92 Å². The molecule has 5 nitrogen and oxygen atoms in total. The van der Waals surface area contributed by atoms with Crippen LogP contribution in [0.3, 0.4) is 0 Å². The molecule has 1 N–H and O–H groups in total. The number of ether oxygens (including phenoxy) is 1. The highest BCUT2D eigenvalue weighted by atomic mass is 16.5. The third-order valence-corrected chi connectivity index (χ3v) is 3.50. The Morgan fingerprint density at radius 1 is 1.45 bits per heavy atom. The van der Waals surface area contributed by atoms with Crippen molar-refractivity contribution in [2.45, 2.75) is 20.3 Å². The molecule has 0 amide bonds. The minimum atomic E-state index is -0.732. The van der Waals surface area contributed by atoms with E-state index < -0.39 is 5.97 Å². The van der Waals surface area contributed by atoms with Crippen LogP contribution in [0.15, 0.2) is 12.2 Å². The highest BCUT2D eigenvalue weighted by molar-refractivity contribution is 5.69. The lowest BCUT2D eigenvalue weighted by molar-refractivity contribution is -0.141. The van der Waals surface area contributed by atoms with Crippen molar-refractivity contribution in [1.29, 1.82) is 0 Å². The minimum absolute atomic E-state index is 0.335. The van der Waals surface area contributed by atoms with Gasteiger partial charge in [0, 0.05) is 26.2 Å². The van der Waals surface area contributed by atoms with E-state index in [4.69, 9.17) is 9.84 Å². The van der Waals surface area contributed by atoms with E-state index >= 15 is 0 Å². The number of hydrogen-bond donors (Lipinski definition) is 1. The van der Waals surface area contributed by atoms with Crippen LogP contribution >= 0.6 is 0 Å². The molecule has 20 heavy (non-hydrogen) atoms. The predicted octanol–water partition coefficient (Wildman–Crippen LogP) is 1.31. The van der Waals surface area contributed by atoms with E-state index in [2.05, 4.69) is 16.4 Å². The Morgan fingerprint density at radius 2 is 2.10 bits per heavy atom. The second-order valence-corrected chi connectivity index (χ2v) is 5.74. The fourth-order valence-corrected chi connectivity index (χ4v) is 2.42. The molecule has 0 radical (unpaired) electrons. The van der Waals surface area contributed by atoms with Crippen molar-refractivity contribution >= 4 is 5.97 Å². The lowest BCUT2D eigenvalue weighted by atomic mass is 10.1. The predicted molar refractivity (Wildman–Crippen MR) is 79.9 cm³/mol. The van der Waals surface area contributed by atoms with Gasteiger partial charge in [0.25, 0.3) is 0 Å². The van der Waals surface area contributed by atoms with Crippen molar-refractivity contribution in [3.05, 3.63) is 12.2 Å². The molecule has 0 bridgehead atoms. The fraction of sp³-hybridized carbons (Fsp3) is 0.800. The second-order valence-electron chi connectivity index (χ2n) is 5.74. The van der Waals surface area contributed by atoms with E-state index in [0.717, 1.165) is 57.9 Å². The van der Waals surface area contributed by atoms with Gasteiger partial charge in [0.1, 0.15) is 0 Å². The summed E-state index contributed by atoms with van der Waals surface area (Å²) in [5, 5.41) is 9.02. The van der Waals surface area contributed by atoms with Gasteiger partial charge in [-0.25, -0.2) is 0 Å². The van der Waals surface area contributed by atoms with Gasteiger partial charge in [-0.05, 0) is 26.4 Å². The summed E-state index contributed by atoms with van der Waals surface area (Å²) in [4.78, 5) is 15.6. The smallest absolute Gasteiger partial charge is 0.307 e. The molecule has 0 aromatic carbocycles. The average molecular weight is 284 g/mol. The Morgan fingerprint density at radius 3 is 2.65 bits per heavy atom. The molecule has 1 heterocycles. The number of nitrogens with zero attached hydrogens (tertiary/aromatic N) is 2. The standard InChI is InChI=1S/C15H28N2O3/c1-13(2)11-17(12-14(3)15(18)19)6-4-5-16-7-9-20-10-8-16/h14H,1,4-12H2,2-3H3,(H,18,19). The summed E-state index contributed by atoms with van der Waals surface area (Å²) >= 11 is 0. The highest BCUT2D eigenvalue weighted by Gasteiger charge is 2.16. The number of carboxylic acids is 1. The summed E-state index contributed by atoms with van der Waals surface area (Å²) < 4.78 is 5.33. The monoisotopic (exact) mass is 284 g/mol. The lowest BCUT2D eigenvalue weighted by Crippen LogP contribution is -2.39. The SMILES string of the molecule is C=C(C)CN(CCCN1CCOCC1)CC(C)C(=O)O. The Labute approximate surface area is 122 Å². The maximum absolute atomic E-state index is 11.0. The van der Waals surface area contributed by atoms with Crippen LogP contribution in [0.25, 0.3) is 0 Å². The zero-order valence-corrected chi connectivity index (χ0v) is 12.8. The number of aliphatic carboxylic acids is 1. The van der Waals surface area contributed by atoms with E-state index in [0.29, 0.717) is 6.54 Å². The van der Waals surface area contributed by atoms with Crippen LogP contribution in [0.4, 0.5) is 0 Å². The molecule has 1 saturated heterocycles. The van der Waals surface area contributed by atoms with Crippen LogP contribution in [0, 0.1) is 5.92 Å². The molecule has 116 valence electrons. The van der Waals surface area contributed by atoms with Gasteiger partial charge in [0.15, 0.2) is 0 Å². The number of carboxylic acid groups (broad SMARTS) is 1. The molecule has 0 aliphatic carbocycles. The fourth-order valence-electron chi connectivity index (χ4n) is 2.42. The van der Waals surface area contributed by atoms with Gasteiger partial charge in [-0.15, -0.1) is 0 Å². The number of morpholine rings is 1. The first-order valence-corrected chi connectivity index (χ1v) is 7.38. The second kappa shape index (κ2) is 9.10. The molecule has 1 aliphatic heterocycles. The Kier molecular flexibility index (Phi) is 7.80. The molecule has 1 atom stereocenters. The normalized spacial score (nSPS) is 18.1. The summed E-state index contributed by atoms with van der Waals surface area (Å²) in [5.41, 5.74) is 1.08. The summed E-state index contributed by atoms with van der Waals surface area (Å²) in [6, 6.07) is 0.